The lowest BCUT2D eigenvalue weighted by molar-refractivity contribution is -0.174. The molecular formula is C27H28O3. The lowest BCUT2D eigenvalue weighted by Gasteiger charge is -2.26. The van der Waals surface area contributed by atoms with Gasteiger partial charge in [-0.3, -0.25) is 4.79 Å². The van der Waals surface area contributed by atoms with Crippen LogP contribution >= 0.6 is 0 Å². The van der Waals surface area contributed by atoms with Gasteiger partial charge in [0.2, 0.25) is 0 Å². The van der Waals surface area contributed by atoms with Crippen LogP contribution in [0.4, 0.5) is 0 Å². The SMILES string of the molecule is CCC(C)C(=O)OCOC(C)(C)c1ccc2c3ccccc3c3ccccc3c2c1. The average molecular weight is 401 g/mol. The Labute approximate surface area is 177 Å². The minimum absolute atomic E-state index is 0.0489. The Morgan fingerprint density at radius 2 is 1.33 bits per heavy atom. The Bertz CT molecular complexity index is 1190. The second kappa shape index (κ2) is 8.08. The molecule has 30 heavy (non-hydrogen) atoms. The Balaban J connectivity index is 1.73. The third-order valence-electron chi connectivity index (χ3n) is 6.08. The molecule has 0 fully saturated rings. The van der Waals surface area contributed by atoms with E-state index in [4.69, 9.17) is 9.47 Å². The first kappa shape index (κ1) is 20.4. The molecule has 0 saturated heterocycles. The quantitative estimate of drug-likeness (QED) is 0.200. The number of esters is 1. The molecule has 0 bridgehead atoms. The third kappa shape index (κ3) is 3.66. The van der Waals surface area contributed by atoms with Crippen LogP contribution in [0.2, 0.25) is 0 Å². The molecule has 0 aliphatic heterocycles. The molecule has 4 aromatic carbocycles. The summed E-state index contributed by atoms with van der Waals surface area (Å²) in [6, 6.07) is 23.6. The maximum Gasteiger partial charge on any atom is 0.310 e. The summed E-state index contributed by atoms with van der Waals surface area (Å²) in [5, 5.41) is 7.42. The number of hydrogen-bond acceptors (Lipinski definition) is 3. The van der Waals surface area contributed by atoms with Crippen LogP contribution in [0.1, 0.15) is 39.7 Å². The van der Waals surface area contributed by atoms with Gasteiger partial charge >= 0.3 is 5.97 Å². The summed E-state index contributed by atoms with van der Waals surface area (Å²) in [6.07, 6.45) is 0.758. The Kier molecular flexibility index (Phi) is 5.48. The van der Waals surface area contributed by atoms with Crippen molar-refractivity contribution in [2.45, 2.75) is 39.7 Å². The van der Waals surface area contributed by atoms with E-state index < -0.39 is 5.60 Å². The first-order chi connectivity index (χ1) is 14.4. The fourth-order valence-corrected chi connectivity index (χ4v) is 3.91. The topological polar surface area (TPSA) is 35.5 Å². The van der Waals surface area contributed by atoms with Crippen molar-refractivity contribution in [2.24, 2.45) is 5.92 Å². The molecule has 1 atom stereocenters. The van der Waals surface area contributed by atoms with Crippen LogP contribution in [0, 0.1) is 5.92 Å². The lowest BCUT2D eigenvalue weighted by atomic mass is 9.90. The second-order valence-electron chi connectivity index (χ2n) is 8.40. The first-order valence-corrected chi connectivity index (χ1v) is 10.6. The van der Waals surface area contributed by atoms with Crippen LogP contribution in [0.3, 0.4) is 0 Å². The highest BCUT2D eigenvalue weighted by atomic mass is 16.7. The van der Waals surface area contributed by atoms with Gasteiger partial charge in [-0.2, -0.15) is 0 Å². The van der Waals surface area contributed by atoms with Crippen molar-refractivity contribution in [3.8, 4) is 0 Å². The van der Waals surface area contributed by atoms with E-state index in [1.807, 2.05) is 27.7 Å². The van der Waals surface area contributed by atoms with E-state index in [9.17, 15) is 4.79 Å². The van der Waals surface area contributed by atoms with Gasteiger partial charge in [0, 0.05) is 0 Å². The number of fused-ring (bicyclic) bond motifs is 6. The van der Waals surface area contributed by atoms with E-state index >= 15 is 0 Å². The van der Waals surface area contributed by atoms with Gasteiger partial charge in [0.15, 0.2) is 6.79 Å². The molecule has 0 spiro atoms. The molecule has 0 aliphatic carbocycles. The zero-order chi connectivity index (χ0) is 21.3. The van der Waals surface area contributed by atoms with Crippen LogP contribution in [0.25, 0.3) is 32.3 Å². The molecule has 0 heterocycles. The largest absolute Gasteiger partial charge is 0.438 e. The summed E-state index contributed by atoms with van der Waals surface area (Å²) in [5.41, 5.74) is 0.464. The van der Waals surface area contributed by atoms with Crippen molar-refractivity contribution in [3.05, 3.63) is 72.3 Å². The maximum absolute atomic E-state index is 11.9. The number of hydrogen-bond donors (Lipinski definition) is 0. The van der Waals surface area contributed by atoms with Crippen molar-refractivity contribution in [2.75, 3.05) is 6.79 Å². The molecule has 3 heteroatoms. The van der Waals surface area contributed by atoms with Gasteiger partial charge in [-0.25, -0.2) is 0 Å². The molecular weight excluding hydrogens is 372 g/mol. The van der Waals surface area contributed by atoms with Crippen molar-refractivity contribution < 1.29 is 14.3 Å². The molecule has 1 unspecified atom stereocenters. The number of ether oxygens (including phenoxy) is 2. The van der Waals surface area contributed by atoms with Gasteiger partial charge in [0.05, 0.1) is 11.5 Å². The van der Waals surface area contributed by atoms with Gasteiger partial charge < -0.3 is 9.47 Å². The van der Waals surface area contributed by atoms with Crippen LogP contribution in [-0.4, -0.2) is 12.8 Å². The van der Waals surface area contributed by atoms with Gasteiger partial charge in [-0.15, -0.1) is 0 Å². The minimum atomic E-state index is -0.587. The van der Waals surface area contributed by atoms with Gasteiger partial charge in [-0.05, 0) is 64.2 Å². The molecule has 0 radical (unpaired) electrons. The summed E-state index contributed by atoms with van der Waals surface area (Å²) >= 11 is 0. The fraction of sp³-hybridized carbons (Fsp3) is 0.296. The van der Waals surface area contributed by atoms with E-state index in [2.05, 4.69) is 66.7 Å². The monoisotopic (exact) mass is 400 g/mol. The lowest BCUT2D eigenvalue weighted by Crippen LogP contribution is -2.25. The molecule has 0 amide bonds. The van der Waals surface area contributed by atoms with Crippen molar-refractivity contribution >= 4 is 38.3 Å². The molecule has 4 rings (SSSR count). The smallest absolute Gasteiger partial charge is 0.310 e. The zero-order valence-electron chi connectivity index (χ0n) is 18.1. The Morgan fingerprint density at radius 3 is 1.87 bits per heavy atom. The minimum Gasteiger partial charge on any atom is -0.438 e. The van der Waals surface area contributed by atoms with Gasteiger partial charge in [0.1, 0.15) is 0 Å². The Morgan fingerprint density at radius 1 is 0.833 bits per heavy atom. The van der Waals surface area contributed by atoms with E-state index in [1.165, 1.54) is 32.3 Å². The zero-order valence-corrected chi connectivity index (χ0v) is 18.1. The molecule has 154 valence electrons. The van der Waals surface area contributed by atoms with Crippen molar-refractivity contribution in [1.82, 2.24) is 0 Å². The van der Waals surface area contributed by atoms with Gasteiger partial charge in [-0.1, -0.05) is 74.5 Å². The predicted octanol–water partition coefficient (Wildman–Crippen LogP) is 6.94. The third-order valence-corrected chi connectivity index (χ3v) is 6.08. The van der Waals surface area contributed by atoms with E-state index in [1.54, 1.807) is 0 Å². The van der Waals surface area contributed by atoms with Gasteiger partial charge in [0.25, 0.3) is 0 Å². The molecule has 0 saturated carbocycles. The Hall–Kier alpha value is -2.91. The van der Waals surface area contributed by atoms with E-state index in [-0.39, 0.29) is 18.7 Å². The summed E-state index contributed by atoms with van der Waals surface area (Å²) in [5.74, 6) is -0.332. The summed E-state index contributed by atoms with van der Waals surface area (Å²) in [4.78, 5) is 11.9. The van der Waals surface area contributed by atoms with Crippen molar-refractivity contribution in [1.29, 1.82) is 0 Å². The first-order valence-electron chi connectivity index (χ1n) is 10.6. The highest BCUT2D eigenvalue weighted by Gasteiger charge is 2.23. The summed E-state index contributed by atoms with van der Waals surface area (Å²) < 4.78 is 11.3. The second-order valence-corrected chi connectivity index (χ2v) is 8.40. The fourth-order valence-electron chi connectivity index (χ4n) is 3.91. The van der Waals surface area contributed by atoms with Crippen LogP contribution in [0.5, 0.6) is 0 Å². The number of carbonyl (C=O) groups is 1. The molecule has 0 aliphatic rings. The highest BCUT2D eigenvalue weighted by Crippen LogP contribution is 2.37. The number of rotatable bonds is 6. The van der Waals surface area contributed by atoms with Crippen LogP contribution in [-0.2, 0) is 19.9 Å². The molecule has 4 aromatic rings. The maximum atomic E-state index is 11.9. The highest BCUT2D eigenvalue weighted by molar-refractivity contribution is 6.25. The normalized spacial score (nSPS) is 13.1. The summed E-state index contributed by atoms with van der Waals surface area (Å²) in [6.45, 7) is 7.81. The predicted molar refractivity (Wildman–Crippen MR) is 123 cm³/mol. The average Bonchev–Trinajstić information content (AvgIpc) is 2.78. The molecule has 0 aromatic heterocycles. The standard InChI is InChI=1S/C27H28O3/c1-5-18(2)26(28)29-17-30-27(3,4)19-14-15-24-22-12-7-6-10-20(22)21-11-8-9-13-23(21)25(24)16-19/h6-16,18H,5,17H2,1-4H3. The molecule has 3 nitrogen and oxygen atoms in total. The van der Waals surface area contributed by atoms with Crippen LogP contribution < -0.4 is 0 Å². The molecule has 0 N–H and O–H groups in total. The number of benzene rings is 4. The number of carbonyl (C=O) groups excluding carboxylic acids is 1. The summed E-state index contributed by atoms with van der Waals surface area (Å²) in [7, 11) is 0. The van der Waals surface area contributed by atoms with Crippen LogP contribution in [0.15, 0.2) is 66.7 Å². The van der Waals surface area contributed by atoms with E-state index in [0.717, 1.165) is 12.0 Å². The van der Waals surface area contributed by atoms with E-state index in [0.29, 0.717) is 0 Å². The van der Waals surface area contributed by atoms with Crippen molar-refractivity contribution in [3.63, 3.8) is 0 Å².